The lowest BCUT2D eigenvalue weighted by Gasteiger charge is -2.34. The van der Waals surface area contributed by atoms with Gasteiger partial charge in [0.25, 0.3) is 0 Å². The average molecular weight is 404 g/mol. The fraction of sp³-hybridized carbons (Fsp3) is 0.381. The third-order valence-corrected chi connectivity index (χ3v) is 6.65. The maximum absolute atomic E-state index is 12.9. The van der Waals surface area contributed by atoms with Crippen LogP contribution in [0.5, 0.6) is 5.75 Å². The highest BCUT2D eigenvalue weighted by Crippen LogP contribution is 2.22. The summed E-state index contributed by atoms with van der Waals surface area (Å²) in [5, 5.41) is 0. The summed E-state index contributed by atoms with van der Waals surface area (Å²) in [6.07, 6.45) is -0.323. The first kappa shape index (κ1) is 20.5. The fourth-order valence-corrected chi connectivity index (χ4v) is 4.77. The molecule has 0 amide bonds. The first-order valence-corrected chi connectivity index (χ1v) is 10.7. The van der Waals surface area contributed by atoms with E-state index in [1.807, 2.05) is 33.8 Å². The molecule has 1 saturated heterocycles. The van der Waals surface area contributed by atoms with Crippen LogP contribution in [0, 0.1) is 13.8 Å². The zero-order valence-corrected chi connectivity index (χ0v) is 17.3. The van der Waals surface area contributed by atoms with Gasteiger partial charge in [0.05, 0.1) is 22.7 Å². The smallest absolute Gasteiger partial charge is 0.343 e. The van der Waals surface area contributed by atoms with E-state index in [0.29, 0.717) is 24.4 Å². The zero-order chi connectivity index (χ0) is 20.5. The van der Waals surface area contributed by atoms with Crippen molar-refractivity contribution >= 4 is 16.0 Å². The monoisotopic (exact) mass is 403 g/mol. The molecule has 0 spiro atoms. The second-order valence-corrected chi connectivity index (χ2v) is 9.18. The van der Waals surface area contributed by atoms with Crippen molar-refractivity contribution in [2.75, 3.05) is 13.1 Å². The molecular formula is C21H25NO5S. The van der Waals surface area contributed by atoms with Crippen LogP contribution in [0.4, 0.5) is 0 Å². The number of hydrogen-bond donors (Lipinski definition) is 0. The summed E-state index contributed by atoms with van der Waals surface area (Å²) >= 11 is 0. The number of sulfonamides is 1. The van der Waals surface area contributed by atoms with Gasteiger partial charge in [-0.25, -0.2) is 13.2 Å². The Kier molecular flexibility index (Phi) is 5.88. The minimum Gasteiger partial charge on any atom is -0.423 e. The van der Waals surface area contributed by atoms with E-state index in [1.54, 1.807) is 12.1 Å². The Morgan fingerprint density at radius 1 is 1.00 bits per heavy atom. The van der Waals surface area contributed by atoms with Crippen molar-refractivity contribution in [2.24, 2.45) is 0 Å². The minimum absolute atomic E-state index is 0.150. The van der Waals surface area contributed by atoms with Crippen LogP contribution in [-0.2, 0) is 14.8 Å². The Hall–Kier alpha value is -2.22. The molecule has 0 unspecified atom stereocenters. The Labute approximate surface area is 166 Å². The van der Waals surface area contributed by atoms with E-state index < -0.39 is 16.0 Å². The molecule has 2 aromatic rings. The van der Waals surface area contributed by atoms with E-state index in [9.17, 15) is 13.2 Å². The molecule has 7 heteroatoms. The Morgan fingerprint density at radius 2 is 1.61 bits per heavy atom. The van der Waals surface area contributed by atoms with Gasteiger partial charge in [-0.15, -0.1) is 0 Å². The molecule has 0 bridgehead atoms. The number of carbonyl (C=O) groups is 1. The molecule has 1 aliphatic rings. The molecule has 2 atom stereocenters. The minimum atomic E-state index is -3.64. The lowest BCUT2D eigenvalue weighted by atomic mass is 10.1. The van der Waals surface area contributed by atoms with Gasteiger partial charge < -0.3 is 9.47 Å². The molecule has 1 aliphatic heterocycles. The van der Waals surface area contributed by atoms with Crippen LogP contribution in [0.15, 0.2) is 47.4 Å². The molecule has 150 valence electrons. The third kappa shape index (κ3) is 4.43. The fourth-order valence-electron chi connectivity index (χ4n) is 3.18. The van der Waals surface area contributed by atoms with Crippen molar-refractivity contribution < 1.29 is 22.7 Å². The molecule has 0 aromatic heterocycles. The van der Waals surface area contributed by atoms with Crippen LogP contribution in [0.3, 0.4) is 0 Å². The molecule has 3 rings (SSSR count). The van der Waals surface area contributed by atoms with Gasteiger partial charge in [-0.1, -0.05) is 6.07 Å². The van der Waals surface area contributed by atoms with Crippen LogP contribution in [-0.4, -0.2) is 44.0 Å². The molecule has 28 heavy (non-hydrogen) atoms. The molecule has 1 heterocycles. The molecule has 0 saturated carbocycles. The highest BCUT2D eigenvalue weighted by Gasteiger charge is 2.32. The number of rotatable bonds is 4. The van der Waals surface area contributed by atoms with Crippen LogP contribution >= 0.6 is 0 Å². The molecule has 2 aromatic carbocycles. The first-order valence-electron chi connectivity index (χ1n) is 9.22. The van der Waals surface area contributed by atoms with Crippen molar-refractivity contribution in [2.45, 2.75) is 44.8 Å². The highest BCUT2D eigenvalue weighted by atomic mass is 32.2. The number of ether oxygens (including phenoxy) is 2. The quantitative estimate of drug-likeness (QED) is 0.578. The molecular weight excluding hydrogens is 378 g/mol. The summed E-state index contributed by atoms with van der Waals surface area (Å²) in [4.78, 5) is 12.5. The molecule has 0 aliphatic carbocycles. The Bertz CT molecular complexity index is 959. The van der Waals surface area contributed by atoms with E-state index in [-0.39, 0.29) is 17.1 Å². The predicted molar refractivity (Wildman–Crippen MR) is 106 cm³/mol. The summed E-state index contributed by atoms with van der Waals surface area (Å²) in [5.74, 6) is -0.0677. The summed E-state index contributed by atoms with van der Waals surface area (Å²) in [6.45, 7) is 8.25. The van der Waals surface area contributed by atoms with Crippen molar-refractivity contribution in [1.29, 1.82) is 0 Å². The molecule has 1 fully saturated rings. The Morgan fingerprint density at radius 3 is 2.18 bits per heavy atom. The van der Waals surface area contributed by atoms with E-state index in [4.69, 9.17) is 9.47 Å². The molecule has 6 nitrogen and oxygen atoms in total. The van der Waals surface area contributed by atoms with Crippen LogP contribution in [0.1, 0.15) is 35.3 Å². The molecule has 0 N–H and O–H groups in total. The molecule has 0 radical (unpaired) electrons. The number of hydrogen-bond acceptors (Lipinski definition) is 5. The van der Waals surface area contributed by atoms with E-state index >= 15 is 0 Å². The largest absolute Gasteiger partial charge is 0.423 e. The number of aryl methyl sites for hydroxylation is 2. The second kappa shape index (κ2) is 8.03. The van der Waals surface area contributed by atoms with Gasteiger partial charge in [0.2, 0.25) is 10.0 Å². The van der Waals surface area contributed by atoms with Crippen molar-refractivity contribution in [3.8, 4) is 5.75 Å². The summed E-state index contributed by atoms with van der Waals surface area (Å²) in [7, 11) is -3.64. The lowest BCUT2D eigenvalue weighted by molar-refractivity contribution is -0.0440. The number of esters is 1. The second-order valence-electron chi connectivity index (χ2n) is 7.24. The van der Waals surface area contributed by atoms with E-state index in [2.05, 4.69) is 0 Å². The van der Waals surface area contributed by atoms with Gasteiger partial charge in [-0.3, -0.25) is 0 Å². The van der Waals surface area contributed by atoms with Crippen molar-refractivity contribution in [3.63, 3.8) is 0 Å². The third-order valence-electron chi connectivity index (χ3n) is 4.80. The van der Waals surface area contributed by atoms with Gasteiger partial charge >= 0.3 is 5.97 Å². The van der Waals surface area contributed by atoms with Gasteiger partial charge in [0, 0.05) is 13.1 Å². The predicted octanol–water partition coefficient (Wildman–Crippen LogP) is 3.32. The zero-order valence-electron chi connectivity index (χ0n) is 16.5. The maximum Gasteiger partial charge on any atom is 0.343 e. The van der Waals surface area contributed by atoms with Gasteiger partial charge in [-0.2, -0.15) is 4.31 Å². The topological polar surface area (TPSA) is 72.9 Å². The standard InChI is InChI=1S/C21H25NO5S/c1-14-5-8-19(11-15(14)2)27-21(23)18-6-9-20(10-7-18)28(24,25)22-12-16(3)26-17(4)13-22/h5-11,16-17H,12-13H2,1-4H3/t16-,17-/m0/s1. The first-order chi connectivity index (χ1) is 13.2. The number of benzene rings is 2. The summed E-state index contributed by atoms with van der Waals surface area (Å²) in [6, 6.07) is 11.3. The Balaban J connectivity index is 1.75. The highest BCUT2D eigenvalue weighted by molar-refractivity contribution is 7.89. The number of morpholine rings is 1. The summed E-state index contributed by atoms with van der Waals surface area (Å²) < 4.78 is 38.2. The van der Waals surface area contributed by atoms with Crippen LogP contribution in [0.2, 0.25) is 0 Å². The summed E-state index contributed by atoms with van der Waals surface area (Å²) in [5.41, 5.74) is 2.43. The number of carbonyl (C=O) groups excluding carboxylic acids is 1. The van der Waals surface area contributed by atoms with Crippen LogP contribution in [0.25, 0.3) is 0 Å². The van der Waals surface area contributed by atoms with Crippen molar-refractivity contribution in [1.82, 2.24) is 4.31 Å². The maximum atomic E-state index is 12.9. The van der Waals surface area contributed by atoms with Crippen molar-refractivity contribution in [3.05, 3.63) is 59.2 Å². The normalized spacial score (nSPS) is 20.7. The number of nitrogens with zero attached hydrogens (tertiary/aromatic N) is 1. The van der Waals surface area contributed by atoms with E-state index in [1.165, 1.54) is 28.6 Å². The van der Waals surface area contributed by atoms with Gasteiger partial charge in [0.1, 0.15) is 5.75 Å². The SMILES string of the molecule is Cc1ccc(OC(=O)c2ccc(S(=O)(=O)N3C[C@H](C)O[C@@H](C)C3)cc2)cc1C. The van der Waals surface area contributed by atoms with Gasteiger partial charge in [-0.05, 0) is 75.2 Å². The van der Waals surface area contributed by atoms with Gasteiger partial charge in [0.15, 0.2) is 0 Å². The lowest BCUT2D eigenvalue weighted by Crippen LogP contribution is -2.48. The van der Waals surface area contributed by atoms with E-state index in [0.717, 1.165) is 11.1 Å². The van der Waals surface area contributed by atoms with Crippen LogP contribution < -0.4 is 4.74 Å². The average Bonchev–Trinajstić information content (AvgIpc) is 2.64.